The molecule has 3 heteroatoms. The van der Waals surface area contributed by atoms with Crippen molar-refractivity contribution < 1.29 is 4.74 Å². The molecule has 0 N–H and O–H groups in total. The van der Waals surface area contributed by atoms with E-state index in [2.05, 4.69) is 35.0 Å². The Morgan fingerprint density at radius 2 is 2.22 bits per heavy atom. The predicted octanol–water partition coefficient (Wildman–Crippen LogP) is 4.63. The van der Waals surface area contributed by atoms with Crippen molar-refractivity contribution in [2.45, 2.75) is 32.6 Å². The maximum atomic E-state index is 6.23. The largest absolute Gasteiger partial charge is 0.493 e. The molecule has 0 spiro atoms. The number of rotatable bonds is 4. The van der Waals surface area contributed by atoms with Crippen LogP contribution in [0.4, 0.5) is 0 Å². The van der Waals surface area contributed by atoms with Gasteiger partial charge in [-0.1, -0.05) is 34.5 Å². The second kappa shape index (κ2) is 4.72. The number of hydrogen-bond acceptors (Lipinski definition) is 1. The van der Waals surface area contributed by atoms with E-state index in [9.17, 15) is 0 Å². The Bertz CT molecular complexity index is 470. The first-order valence-corrected chi connectivity index (χ1v) is 8.12. The van der Waals surface area contributed by atoms with E-state index in [1.54, 1.807) is 0 Å². The first-order valence-electron chi connectivity index (χ1n) is 6.62. The molecule has 1 nitrogen and oxygen atoms in total. The van der Waals surface area contributed by atoms with Crippen LogP contribution in [0.1, 0.15) is 30.9 Å². The van der Waals surface area contributed by atoms with Crippen molar-refractivity contribution in [1.29, 1.82) is 0 Å². The van der Waals surface area contributed by atoms with E-state index in [0.29, 0.717) is 5.41 Å². The second-order valence-electron chi connectivity index (χ2n) is 5.89. The summed E-state index contributed by atoms with van der Waals surface area (Å²) in [7, 11) is 0. The molecule has 1 unspecified atom stereocenters. The fourth-order valence-electron chi connectivity index (χ4n) is 2.99. The SMILES string of the molecule is CC(CBr)(Cc1cc(Cl)cc2c1OCC2)C1CC1. The van der Waals surface area contributed by atoms with Gasteiger partial charge in [0.1, 0.15) is 5.75 Å². The Morgan fingerprint density at radius 1 is 1.44 bits per heavy atom. The Morgan fingerprint density at radius 3 is 2.89 bits per heavy atom. The molecule has 0 radical (unpaired) electrons. The number of alkyl halides is 1. The summed E-state index contributed by atoms with van der Waals surface area (Å²) >= 11 is 9.92. The summed E-state index contributed by atoms with van der Waals surface area (Å²) in [6.45, 7) is 3.18. The minimum absolute atomic E-state index is 0.338. The summed E-state index contributed by atoms with van der Waals surface area (Å²) in [4.78, 5) is 0. The van der Waals surface area contributed by atoms with E-state index in [1.807, 2.05) is 0 Å². The molecule has 0 bridgehead atoms. The number of benzene rings is 1. The molecule has 1 aliphatic heterocycles. The third kappa shape index (κ3) is 2.30. The maximum absolute atomic E-state index is 6.23. The van der Waals surface area contributed by atoms with Crippen molar-refractivity contribution in [3.63, 3.8) is 0 Å². The zero-order valence-electron chi connectivity index (χ0n) is 10.6. The van der Waals surface area contributed by atoms with Gasteiger partial charge >= 0.3 is 0 Å². The zero-order chi connectivity index (χ0) is 12.8. The molecule has 1 aromatic rings. The molecule has 1 fully saturated rings. The summed E-state index contributed by atoms with van der Waals surface area (Å²) in [5.74, 6) is 1.96. The average molecular weight is 330 g/mol. The minimum Gasteiger partial charge on any atom is -0.493 e. The smallest absolute Gasteiger partial charge is 0.125 e. The van der Waals surface area contributed by atoms with Gasteiger partial charge in [0.2, 0.25) is 0 Å². The Hall–Kier alpha value is -0.210. The molecule has 3 rings (SSSR count). The van der Waals surface area contributed by atoms with Gasteiger partial charge in [0.05, 0.1) is 6.61 Å². The monoisotopic (exact) mass is 328 g/mol. The van der Waals surface area contributed by atoms with Gasteiger partial charge in [-0.05, 0) is 53.9 Å². The lowest BCUT2D eigenvalue weighted by Gasteiger charge is -2.28. The summed E-state index contributed by atoms with van der Waals surface area (Å²) < 4.78 is 5.80. The van der Waals surface area contributed by atoms with Gasteiger partial charge in [-0.25, -0.2) is 0 Å². The molecule has 1 aromatic carbocycles. The van der Waals surface area contributed by atoms with Crippen LogP contribution in [0.3, 0.4) is 0 Å². The maximum Gasteiger partial charge on any atom is 0.125 e. The van der Waals surface area contributed by atoms with Gasteiger partial charge < -0.3 is 4.74 Å². The molecule has 0 amide bonds. The lowest BCUT2D eigenvalue weighted by molar-refractivity contribution is 0.306. The van der Waals surface area contributed by atoms with Crippen molar-refractivity contribution in [3.8, 4) is 5.75 Å². The summed E-state index contributed by atoms with van der Waals surface area (Å²) in [6, 6.07) is 4.14. The lowest BCUT2D eigenvalue weighted by atomic mass is 9.80. The molecule has 0 saturated heterocycles. The highest BCUT2D eigenvalue weighted by molar-refractivity contribution is 9.09. The Labute approximate surface area is 122 Å². The van der Waals surface area contributed by atoms with Crippen molar-refractivity contribution in [2.24, 2.45) is 11.3 Å². The molecule has 0 aromatic heterocycles. The quantitative estimate of drug-likeness (QED) is 0.732. The summed E-state index contributed by atoms with van der Waals surface area (Å²) in [5, 5.41) is 1.90. The molecule has 98 valence electrons. The number of halogens is 2. The lowest BCUT2D eigenvalue weighted by Crippen LogP contribution is -2.24. The molecule has 1 heterocycles. The number of hydrogen-bond donors (Lipinski definition) is 0. The fraction of sp³-hybridized carbons (Fsp3) is 0.600. The van der Waals surface area contributed by atoms with Crippen LogP contribution in [0.2, 0.25) is 5.02 Å². The molecular weight excluding hydrogens is 312 g/mol. The van der Waals surface area contributed by atoms with E-state index in [4.69, 9.17) is 16.3 Å². The van der Waals surface area contributed by atoms with Crippen molar-refractivity contribution in [2.75, 3.05) is 11.9 Å². The van der Waals surface area contributed by atoms with Crippen LogP contribution >= 0.6 is 27.5 Å². The molecule has 1 atom stereocenters. The molecule has 1 saturated carbocycles. The highest BCUT2D eigenvalue weighted by Gasteiger charge is 2.41. The van der Waals surface area contributed by atoms with Crippen LogP contribution in [0, 0.1) is 11.3 Å². The van der Waals surface area contributed by atoms with E-state index >= 15 is 0 Å². The predicted molar refractivity (Wildman–Crippen MR) is 79.0 cm³/mol. The van der Waals surface area contributed by atoms with E-state index in [-0.39, 0.29) is 0 Å². The standard InChI is InChI=1S/C15H18BrClO/c1-15(9-16,12-2-3-12)8-11-7-13(17)6-10-4-5-18-14(10)11/h6-7,12H,2-5,8-9H2,1H3. The van der Waals surface area contributed by atoms with Crippen LogP contribution in [0.25, 0.3) is 0 Å². The van der Waals surface area contributed by atoms with Crippen molar-refractivity contribution in [3.05, 3.63) is 28.3 Å². The number of ether oxygens (including phenoxy) is 1. The highest BCUT2D eigenvalue weighted by Crippen LogP contribution is 2.49. The van der Waals surface area contributed by atoms with E-state index < -0.39 is 0 Å². The molecule has 1 aliphatic carbocycles. The highest BCUT2D eigenvalue weighted by atomic mass is 79.9. The van der Waals surface area contributed by atoms with Crippen LogP contribution in [-0.4, -0.2) is 11.9 Å². The first-order chi connectivity index (χ1) is 8.62. The van der Waals surface area contributed by atoms with Crippen LogP contribution in [-0.2, 0) is 12.8 Å². The zero-order valence-corrected chi connectivity index (χ0v) is 13.0. The van der Waals surface area contributed by atoms with Gasteiger partial charge in [0, 0.05) is 16.8 Å². The summed E-state index contributed by atoms with van der Waals surface area (Å²) in [5.41, 5.74) is 2.92. The van der Waals surface area contributed by atoms with Crippen molar-refractivity contribution >= 4 is 27.5 Å². The van der Waals surface area contributed by atoms with Crippen LogP contribution in [0.5, 0.6) is 5.75 Å². The fourth-order valence-corrected chi connectivity index (χ4v) is 3.91. The Balaban J connectivity index is 1.92. The third-order valence-corrected chi connectivity index (χ3v) is 5.79. The molecular formula is C15H18BrClO. The van der Waals surface area contributed by atoms with Gasteiger partial charge in [0.25, 0.3) is 0 Å². The molecule has 2 aliphatic rings. The minimum atomic E-state index is 0.338. The van der Waals surface area contributed by atoms with Crippen LogP contribution in [0.15, 0.2) is 12.1 Å². The Kier molecular flexibility index (Phi) is 3.36. The van der Waals surface area contributed by atoms with Gasteiger partial charge in [-0.2, -0.15) is 0 Å². The first kappa shape index (κ1) is 12.8. The van der Waals surface area contributed by atoms with Gasteiger partial charge in [0.15, 0.2) is 0 Å². The normalized spacial score (nSPS) is 21.3. The van der Waals surface area contributed by atoms with Gasteiger partial charge in [-0.3, -0.25) is 0 Å². The second-order valence-corrected chi connectivity index (χ2v) is 6.89. The average Bonchev–Trinajstić information content (AvgIpc) is 3.09. The third-order valence-electron chi connectivity index (χ3n) is 4.29. The van der Waals surface area contributed by atoms with Crippen LogP contribution < -0.4 is 4.74 Å². The topological polar surface area (TPSA) is 9.23 Å². The van der Waals surface area contributed by atoms with Gasteiger partial charge in [-0.15, -0.1) is 0 Å². The summed E-state index contributed by atoms with van der Waals surface area (Å²) in [6.07, 6.45) is 4.79. The number of fused-ring (bicyclic) bond motifs is 1. The van der Waals surface area contributed by atoms with Crippen molar-refractivity contribution in [1.82, 2.24) is 0 Å². The molecule has 18 heavy (non-hydrogen) atoms. The van der Waals surface area contributed by atoms with E-state index in [1.165, 1.54) is 24.0 Å². The van der Waals surface area contributed by atoms with E-state index in [0.717, 1.165) is 41.5 Å².